The maximum Gasteiger partial charge on any atom is 0.387 e. The Morgan fingerprint density at radius 2 is 1.96 bits per heavy atom. The monoisotopic (exact) mass is 341 g/mol. The van der Waals surface area contributed by atoms with E-state index >= 15 is 0 Å². The van der Waals surface area contributed by atoms with E-state index < -0.39 is 24.5 Å². The average Bonchev–Trinajstić information content (AvgIpc) is 3.03. The van der Waals surface area contributed by atoms with Gasteiger partial charge in [0.15, 0.2) is 0 Å². The number of ether oxygens (including phenoxy) is 1. The van der Waals surface area contributed by atoms with Crippen LogP contribution in [0.5, 0.6) is 5.75 Å². The Labute approximate surface area is 139 Å². The molecule has 0 bridgehead atoms. The Bertz CT molecular complexity index is 594. The number of carbonyl (C=O) groups is 2. The van der Waals surface area contributed by atoms with Gasteiger partial charge in [0.05, 0.1) is 12.0 Å². The molecule has 1 aliphatic carbocycles. The predicted molar refractivity (Wildman–Crippen MR) is 82.7 cm³/mol. The van der Waals surface area contributed by atoms with Crippen molar-refractivity contribution >= 4 is 11.9 Å². The second-order valence-electron chi connectivity index (χ2n) is 5.93. The highest BCUT2D eigenvalue weighted by molar-refractivity contribution is 5.81. The topological polar surface area (TPSA) is 75.6 Å². The van der Waals surface area contributed by atoms with E-state index in [1.54, 1.807) is 18.2 Å². The van der Waals surface area contributed by atoms with Crippen molar-refractivity contribution in [2.24, 2.45) is 11.8 Å². The summed E-state index contributed by atoms with van der Waals surface area (Å²) in [7, 11) is 0. The first-order valence-electron chi connectivity index (χ1n) is 7.99. The van der Waals surface area contributed by atoms with Gasteiger partial charge in [-0.05, 0) is 31.7 Å². The van der Waals surface area contributed by atoms with Crippen LogP contribution in [0.15, 0.2) is 24.3 Å². The van der Waals surface area contributed by atoms with Crippen molar-refractivity contribution in [3.8, 4) is 5.75 Å². The number of carboxylic acids is 1. The zero-order valence-electron chi connectivity index (χ0n) is 13.4. The largest absolute Gasteiger partial charge is 0.481 e. The van der Waals surface area contributed by atoms with Gasteiger partial charge < -0.3 is 15.2 Å². The number of para-hydroxylation sites is 1. The highest BCUT2D eigenvalue weighted by Gasteiger charge is 2.34. The molecule has 7 heteroatoms. The summed E-state index contributed by atoms with van der Waals surface area (Å²) in [5.74, 6) is -1.93. The molecule has 2 rings (SSSR count). The molecule has 0 aromatic heterocycles. The number of rotatable bonds is 7. The van der Waals surface area contributed by atoms with E-state index in [4.69, 9.17) is 5.11 Å². The molecule has 0 aliphatic heterocycles. The summed E-state index contributed by atoms with van der Waals surface area (Å²) in [6, 6.07) is 5.90. The van der Waals surface area contributed by atoms with Crippen molar-refractivity contribution in [2.45, 2.75) is 45.3 Å². The van der Waals surface area contributed by atoms with Crippen LogP contribution in [0, 0.1) is 11.8 Å². The third-order valence-corrected chi connectivity index (χ3v) is 4.39. The number of hydrogen-bond donors (Lipinski definition) is 2. The van der Waals surface area contributed by atoms with Crippen LogP contribution in [0.2, 0.25) is 0 Å². The van der Waals surface area contributed by atoms with E-state index in [2.05, 4.69) is 10.1 Å². The number of alkyl halides is 2. The number of carboxylic acid groups (broad SMARTS) is 1. The van der Waals surface area contributed by atoms with E-state index in [1.165, 1.54) is 6.07 Å². The highest BCUT2D eigenvalue weighted by atomic mass is 19.3. The van der Waals surface area contributed by atoms with Crippen molar-refractivity contribution in [1.82, 2.24) is 5.32 Å². The molecule has 5 nitrogen and oxygen atoms in total. The lowest BCUT2D eigenvalue weighted by Crippen LogP contribution is -2.33. The van der Waals surface area contributed by atoms with Gasteiger partial charge in [-0.25, -0.2) is 0 Å². The molecule has 1 fully saturated rings. The molecule has 0 spiro atoms. The summed E-state index contributed by atoms with van der Waals surface area (Å²) >= 11 is 0. The van der Waals surface area contributed by atoms with Crippen molar-refractivity contribution in [3.05, 3.63) is 29.8 Å². The summed E-state index contributed by atoms with van der Waals surface area (Å²) in [5, 5.41) is 11.9. The first kappa shape index (κ1) is 18.2. The normalized spacial score (nSPS) is 21.5. The van der Waals surface area contributed by atoms with Crippen LogP contribution in [-0.4, -0.2) is 23.6 Å². The molecule has 1 saturated carbocycles. The number of nitrogens with one attached hydrogen (secondary N) is 1. The van der Waals surface area contributed by atoms with Gasteiger partial charge in [-0.3, -0.25) is 9.59 Å². The Kier molecular flexibility index (Phi) is 6.11. The van der Waals surface area contributed by atoms with Crippen LogP contribution in [0.3, 0.4) is 0 Å². The molecule has 0 radical (unpaired) electrons. The average molecular weight is 341 g/mol. The summed E-state index contributed by atoms with van der Waals surface area (Å²) in [5.41, 5.74) is 0.487. The Morgan fingerprint density at radius 1 is 1.29 bits per heavy atom. The zero-order valence-corrected chi connectivity index (χ0v) is 13.4. The minimum Gasteiger partial charge on any atom is -0.481 e. The van der Waals surface area contributed by atoms with Gasteiger partial charge in [0, 0.05) is 11.5 Å². The fourth-order valence-corrected chi connectivity index (χ4v) is 3.10. The lowest BCUT2D eigenvalue weighted by Gasteiger charge is -2.22. The minimum absolute atomic E-state index is 0.0366. The van der Waals surface area contributed by atoms with E-state index in [0.29, 0.717) is 31.2 Å². The number of carbonyl (C=O) groups excluding carboxylic acids is 1. The second kappa shape index (κ2) is 8.08. The van der Waals surface area contributed by atoms with E-state index in [-0.39, 0.29) is 17.6 Å². The third-order valence-electron chi connectivity index (χ3n) is 4.39. The van der Waals surface area contributed by atoms with Gasteiger partial charge in [0.2, 0.25) is 5.91 Å². The minimum atomic E-state index is -2.94. The summed E-state index contributed by atoms with van der Waals surface area (Å²) < 4.78 is 29.6. The van der Waals surface area contributed by atoms with Crippen molar-refractivity contribution in [2.75, 3.05) is 0 Å². The highest BCUT2D eigenvalue weighted by Crippen LogP contribution is 2.33. The number of amides is 1. The first-order valence-corrected chi connectivity index (χ1v) is 7.99. The van der Waals surface area contributed by atoms with Crippen LogP contribution >= 0.6 is 0 Å². The van der Waals surface area contributed by atoms with Gasteiger partial charge in [-0.15, -0.1) is 0 Å². The van der Waals surface area contributed by atoms with Crippen LogP contribution in [0.25, 0.3) is 0 Å². The summed E-state index contributed by atoms with van der Waals surface area (Å²) in [6.07, 6.45) is 1.82. The van der Waals surface area contributed by atoms with Gasteiger partial charge >= 0.3 is 12.6 Å². The van der Waals surface area contributed by atoms with Gasteiger partial charge in [-0.1, -0.05) is 25.1 Å². The molecule has 1 aromatic carbocycles. The molecule has 3 atom stereocenters. The molecule has 0 saturated heterocycles. The lowest BCUT2D eigenvalue weighted by molar-refractivity contribution is -0.141. The van der Waals surface area contributed by atoms with Crippen molar-refractivity contribution in [3.63, 3.8) is 0 Å². The number of hydrogen-bond acceptors (Lipinski definition) is 3. The molecule has 1 aromatic rings. The smallest absolute Gasteiger partial charge is 0.387 e. The summed E-state index contributed by atoms with van der Waals surface area (Å²) in [4.78, 5) is 23.4. The molecule has 1 aliphatic rings. The molecule has 132 valence electrons. The zero-order chi connectivity index (χ0) is 17.7. The maximum atomic E-state index is 12.5. The van der Waals surface area contributed by atoms with Crippen LogP contribution in [-0.2, 0) is 9.59 Å². The lowest BCUT2D eigenvalue weighted by atomic mass is 10.00. The fraction of sp³-hybridized carbons (Fsp3) is 0.529. The molecule has 0 heterocycles. The Balaban J connectivity index is 2.07. The first-order chi connectivity index (χ1) is 11.4. The number of benzene rings is 1. The Morgan fingerprint density at radius 3 is 2.54 bits per heavy atom. The predicted octanol–water partition coefficient (Wildman–Crippen LogP) is 3.36. The third kappa shape index (κ3) is 4.43. The van der Waals surface area contributed by atoms with Crippen LogP contribution < -0.4 is 10.1 Å². The molecule has 24 heavy (non-hydrogen) atoms. The molecular weight excluding hydrogens is 320 g/mol. The van der Waals surface area contributed by atoms with E-state index in [1.807, 2.05) is 6.92 Å². The summed E-state index contributed by atoms with van der Waals surface area (Å²) in [6.45, 7) is -1.11. The second-order valence-corrected chi connectivity index (χ2v) is 5.93. The van der Waals surface area contributed by atoms with Gasteiger partial charge in [0.1, 0.15) is 5.75 Å². The maximum absolute atomic E-state index is 12.5. The van der Waals surface area contributed by atoms with Gasteiger partial charge in [-0.2, -0.15) is 8.78 Å². The van der Waals surface area contributed by atoms with Crippen LogP contribution in [0.4, 0.5) is 8.78 Å². The van der Waals surface area contributed by atoms with E-state index in [9.17, 15) is 18.4 Å². The quantitative estimate of drug-likeness (QED) is 0.797. The molecule has 1 unspecified atom stereocenters. The SMILES string of the molecule is CCC(NC(=O)[C@@H]1CC[C@H](C(=O)O)C1)c1ccccc1OC(F)F. The standard InChI is InChI=1S/C17H21F2NO4/c1-2-13(12-5-3-4-6-14(12)24-17(18)19)20-15(21)10-7-8-11(9-10)16(22)23/h3-6,10-11,13,17H,2,7-9H2,1H3,(H,20,21)(H,22,23)/t10-,11+,13?/m1/s1. The van der Waals surface area contributed by atoms with Gasteiger partial charge in [0.25, 0.3) is 0 Å². The fourth-order valence-electron chi connectivity index (χ4n) is 3.10. The van der Waals surface area contributed by atoms with E-state index in [0.717, 1.165) is 0 Å². The van der Waals surface area contributed by atoms with Crippen molar-refractivity contribution < 1.29 is 28.2 Å². The molecule has 1 amide bonds. The van der Waals surface area contributed by atoms with Crippen LogP contribution in [0.1, 0.15) is 44.2 Å². The molecular formula is C17H21F2NO4. The Hall–Kier alpha value is -2.18. The number of halogens is 2. The molecule has 2 N–H and O–H groups in total. The number of aliphatic carboxylic acids is 1. The van der Waals surface area contributed by atoms with Crippen molar-refractivity contribution in [1.29, 1.82) is 0 Å².